The molecule has 0 aromatic carbocycles. The molecule has 1 heterocycles. The lowest BCUT2D eigenvalue weighted by atomic mass is 9.94. The summed E-state index contributed by atoms with van der Waals surface area (Å²) in [5.74, 6) is -0.618. The molecule has 1 aliphatic rings. The van der Waals surface area contributed by atoms with Gasteiger partial charge in [-0.15, -0.1) is 0 Å². The first-order valence-corrected chi connectivity index (χ1v) is 5.57. The summed E-state index contributed by atoms with van der Waals surface area (Å²) in [6, 6.07) is 0. The summed E-state index contributed by atoms with van der Waals surface area (Å²) in [4.78, 5) is 11.5. The van der Waals surface area contributed by atoms with Crippen LogP contribution in [0.5, 0.6) is 0 Å². The number of carbonyl (C=O) groups is 1. The summed E-state index contributed by atoms with van der Waals surface area (Å²) in [6.07, 6.45) is -5.69. The van der Waals surface area contributed by atoms with Crippen LogP contribution in [0.3, 0.4) is 0 Å². The second kappa shape index (κ2) is 6.27. The Labute approximate surface area is 99.1 Å². The highest BCUT2D eigenvalue weighted by Gasteiger charge is 2.43. The van der Waals surface area contributed by atoms with Crippen molar-refractivity contribution >= 4 is 5.97 Å². The second-order valence-electron chi connectivity index (χ2n) is 3.94. The van der Waals surface area contributed by atoms with Crippen molar-refractivity contribution in [2.45, 2.75) is 43.9 Å². The number of hydrogen-bond donors (Lipinski definition) is 4. The second-order valence-corrected chi connectivity index (χ2v) is 3.94. The Morgan fingerprint density at radius 3 is 2.76 bits per heavy atom. The van der Waals surface area contributed by atoms with E-state index in [9.17, 15) is 20.1 Å². The predicted octanol–water partition coefficient (Wildman–Crippen LogP) is -2.25. The summed E-state index contributed by atoms with van der Waals surface area (Å²) >= 11 is 0. The third-order valence-corrected chi connectivity index (χ3v) is 2.68. The minimum atomic E-state index is -1.26. The van der Waals surface area contributed by atoms with E-state index in [1.807, 2.05) is 0 Å². The SMILES string of the molecule is CCOC(=O)[C@@H]1C[C@@H](O)[C@@H](O)[C@@H]([C@H](O)CN)O1. The van der Waals surface area contributed by atoms with Crippen LogP contribution >= 0.6 is 0 Å². The predicted molar refractivity (Wildman–Crippen MR) is 57.0 cm³/mol. The Balaban J connectivity index is 2.69. The van der Waals surface area contributed by atoms with Crippen LogP contribution in [0.25, 0.3) is 0 Å². The molecule has 0 spiro atoms. The van der Waals surface area contributed by atoms with Gasteiger partial charge in [0.05, 0.1) is 18.8 Å². The molecule has 1 rings (SSSR count). The molecule has 1 saturated heterocycles. The van der Waals surface area contributed by atoms with Gasteiger partial charge in [-0.05, 0) is 6.92 Å². The molecule has 0 amide bonds. The number of carbonyl (C=O) groups excluding carboxylic acids is 1. The molecule has 5 atom stereocenters. The van der Waals surface area contributed by atoms with Gasteiger partial charge in [-0.1, -0.05) is 0 Å². The number of rotatable bonds is 4. The lowest BCUT2D eigenvalue weighted by molar-refractivity contribution is -0.210. The smallest absolute Gasteiger partial charge is 0.335 e. The average molecular weight is 249 g/mol. The van der Waals surface area contributed by atoms with E-state index in [-0.39, 0.29) is 19.6 Å². The summed E-state index contributed by atoms with van der Waals surface area (Å²) in [5.41, 5.74) is 5.25. The van der Waals surface area contributed by atoms with Crippen LogP contribution in [0, 0.1) is 0 Å². The van der Waals surface area contributed by atoms with Gasteiger partial charge in [0.1, 0.15) is 12.2 Å². The average Bonchev–Trinajstić information content (AvgIpc) is 2.31. The Kier molecular flexibility index (Phi) is 5.29. The number of aliphatic hydroxyl groups is 3. The molecule has 0 aliphatic carbocycles. The van der Waals surface area contributed by atoms with Crippen molar-refractivity contribution in [2.24, 2.45) is 5.73 Å². The maximum atomic E-state index is 11.5. The molecule has 7 nitrogen and oxygen atoms in total. The van der Waals surface area contributed by atoms with Crippen molar-refractivity contribution in [1.29, 1.82) is 0 Å². The zero-order valence-electron chi connectivity index (χ0n) is 9.65. The lowest BCUT2D eigenvalue weighted by Crippen LogP contribution is -2.56. The molecule has 0 radical (unpaired) electrons. The number of aliphatic hydroxyl groups excluding tert-OH is 3. The fourth-order valence-corrected chi connectivity index (χ4v) is 1.74. The molecule has 0 unspecified atom stereocenters. The molecular weight excluding hydrogens is 230 g/mol. The summed E-state index contributed by atoms with van der Waals surface area (Å²) in [5, 5.41) is 28.7. The van der Waals surface area contributed by atoms with E-state index in [4.69, 9.17) is 15.2 Å². The number of hydrogen-bond acceptors (Lipinski definition) is 7. The van der Waals surface area contributed by atoms with Gasteiger partial charge in [0.15, 0.2) is 6.10 Å². The number of nitrogens with two attached hydrogens (primary N) is 1. The Morgan fingerprint density at radius 1 is 1.59 bits per heavy atom. The van der Waals surface area contributed by atoms with Crippen molar-refractivity contribution in [3.8, 4) is 0 Å². The summed E-state index contributed by atoms with van der Waals surface area (Å²) in [7, 11) is 0. The first kappa shape index (κ1) is 14.3. The van der Waals surface area contributed by atoms with Crippen LogP contribution in [0.15, 0.2) is 0 Å². The molecule has 17 heavy (non-hydrogen) atoms. The van der Waals surface area contributed by atoms with Gasteiger partial charge in [0.2, 0.25) is 0 Å². The monoisotopic (exact) mass is 249 g/mol. The van der Waals surface area contributed by atoms with Gasteiger partial charge < -0.3 is 30.5 Å². The van der Waals surface area contributed by atoms with E-state index < -0.39 is 36.5 Å². The van der Waals surface area contributed by atoms with E-state index in [1.165, 1.54) is 0 Å². The lowest BCUT2D eigenvalue weighted by Gasteiger charge is -2.37. The molecular formula is C10H19NO6. The fraction of sp³-hybridized carbons (Fsp3) is 0.900. The topological polar surface area (TPSA) is 122 Å². The normalized spacial score (nSPS) is 35.4. The highest BCUT2D eigenvalue weighted by molar-refractivity contribution is 5.74. The first-order chi connectivity index (χ1) is 8.01. The number of ether oxygens (including phenoxy) is 2. The van der Waals surface area contributed by atoms with Crippen molar-refractivity contribution in [3.05, 3.63) is 0 Å². The number of esters is 1. The maximum absolute atomic E-state index is 11.5. The van der Waals surface area contributed by atoms with Crippen LogP contribution in [-0.4, -0.2) is 65.0 Å². The van der Waals surface area contributed by atoms with Gasteiger partial charge in [-0.3, -0.25) is 0 Å². The molecule has 7 heteroatoms. The van der Waals surface area contributed by atoms with Crippen LogP contribution in [0.1, 0.15) is 13.3 Å². The van der Waals surface area contributed by atoms with Gasteiger partial charge in [-0.25, -0.2) is 4.79 Å². The minimum absolute atomic E-state index is 0.0617. The van der Waals surface area contributed by atoms with E-state index in [1.54, 1.807) is 6.92 Å². The third-order valence-electron chi connectivity index (χ3n) is 2.68. The fourth-order valence-electron chi connectivity index (χ4n) is 1.74. The van der Waals surface area contributed by atoms with Gasteiger partial charge in [-0.2, -0.15) is 0 Å². The molecule has 1 aliphatic heterocycles. The Morgan fingerprint density at radius 2 is 2.24 bits per heavy atom. The minimum Gasteiger partial charge on any atom is -0.464 e. The molecule has 0 saturated carbocycles. The standard InChI is InChI=1S/C10H19NO6/c1-2-16-10(15)7-3-5(12)8(14)9(17-7)6(13)4-11/h5-9,12-14H,2-4,11H2,1H3/t5-,6-,7+,8-,9-/m1/s1. The zero-order chi connectivity index (χ0) is 13.0. The molecule has 5 N–H and O–H groups in total. The van der Waals surface area contributed by atoms with E-state index in [2.05, 4.69) is 0 Å². The third kappa shape index (κ3) is 3.36. The highest BCUT2D eigenvalue weighted by atomic mass is 16.6. The summed E-state index contributed by atoms with van der Waals surface area (Å²) in [6.45, 7) is 1.71. The van der Waals surface area contributed by atoms with Crippen molar-refractivity contribution in [2.75, 3.05) is 13.2 Å². The van der Waals surface area contributed by atoms with E-state index in [0.717, 1.165) is 0 Å². The zero-order valence-corrected chi connectivity index (χ0v) is 9.65. The Bertz CT molecular complexity index is 261. The van der Waals surface area contributed by atoms with Crippen molar-refractivity contribution in [3.63, 3.8) is 0 Å². The van der Waals surface area contributed by atoms with Crippen LogP contribution in [-0.2, 0) is 14.3 Å². The van der Waals surface area contributed by atoms with Crippen molar-refractivity contribution < 1.29 is 29.6 Å². The highest BCUT2D eigenvalue weighted by Crippen LogP contribution is 2.23. The van der Waals surface area contributed by atoms with Gasteiger partial charge in [0.25, 0.3) is 0 Å². The van der Waals surface area contributed by atoms with Gasteiger partial charge in [0, 0.05) is 13.0 Å². The van der Waals surface area contributed by atoms with Crippen LogP contribution < -0.4 is 5.73 Å². The molecule has 0 aromatic heterocycles. The van der Waals surface area contributed by atoms with E-state index >= 15 is 0 Å². The molecule has 0 aromatic rings. The summed E-state index contributed by atoms with van der Waals surface area (Å²) < 4.78 is 9.98. The van der Waals surface area contributed by atoms with Gasteiger partial charge >= 0.3 is 5.97 Å². The first-order valence-electron chi connectivity index (χ1n) is 5.57. The largest absolute Gasteiger partial charge is 0.464 e. The van der Waals surface area contributed by atoms with Crippen LogP contribution in [0.4, 0.5) is 0 Å². The molecule has 1 fully saturated rings. The van der Waals surface area contributed by atoms with Crippen molar-refractivity contribution in [1.82, 2.24) is 0 Å². The van der Waals surface area contributed by atoms with E-state index in [0.29, 0.717) is 0 Å². The quantitative estimate of drug-likeness (QED) is 0.415. The molecule has 100 valence electrons. The Hall–Kier alpha value is -0.730. The maximum Gasteiger partial charge on any atom is 0.335 e. The van der Waals surface area contributed by atoms with Crippen LogP contribution in [0.2, 0.25) is 0 Å². The molecule has 0 bridgehead atoms.